The van der Waals surface area contributed by atoms with Gasteiger partial charge in [0.2, 0.25) is 0 Å². The summed E-state index contributed by atoms with van der Waals surface area (Å²) in [6, 6.07) is 10.2. The summed E-state index contributed by atoms with van der Waals surface area (Å²) in [6.45, 7) is 8.79. The second-order valence-electron chi connectivity index (χ2n) is 7.20. The molecule has 0 radical (unpaired) electrons. The van der Waals surface area contributed by atoms with Gasteiger partial charge in [-0.3, -0.25) is 9.48 Å². The first-order chi connectivity index (χ1) is 12.6. The van der Waals surface area contributed by atoms with Crippen LogP contribution in [0.5, 0.6) is 0 Å². The fourth-order valence-electron chi connectivity index (χ4n) is 3.71. The third-order valence-corrected chi connectivity index (χ3v) is 5.17. The topological polar surface area (TPSA) is 50.2 Å². The van der Waals surface area contributed by atoms with Gasteiger partial charge in [0.1, 0.15) is 0 Å². The molecule has 1 amide bonds. The van der Waals surface area contributed by atoms with E-state index < -0.39 is 0 Å². The molecule has 1 aromatic carbocycles. The number of likely N-dealkylation sites (tertiary alicyclic amines) is 1. The average Bonchev–Trinajstić information content (AvgIpc) is 2.94. The standard InChI is InChI=1S/C21H30N4O/c1-17-20(18(2)25(23-17)16-19-10-5-3-6-11-19)21(26)22-12-9-15-24-13-7-4-8-14-24/h3,5-6,10-11H,4,7-9,12-16H2,1-2H3,(H,22,26). The lowest BCUT2D eigenvalue weighted by Crippen LogP contribution is -2.33. The lowest BCUT2D eigenvalue weighted by atomic mass is 10.1. The predicted octanol–water partition coefficient (Wildman–Crippen LogP) is 3.15. The zero-order chi connectivity index (χ0) is 18.4. The third-order valence-electron chi connectivity index (χ3n) is 5.17. The smallest absolute Gasteiger partial charge is 0.255 e. The molecule has 0 aliphatic carbocycles. The number of rotatable bonds is 7. The van der Waals surface area contributed by atoms with Gasteiger partial charge in [0.15, 0.2) is 0 Å². The summed E-state index contributed by atoms with van der Waals surface area (Å²) >= 11 is 0. The van der Waals surface area contributed by atoms with E-state index in [1.807, 2.05) is 36.7 Å². The molecule has 2 heterocycles. The molecule has 1 fully saturated rings. The summed E-state index contributed by atoms with van der Waals surface area (Å²) in [6.07, 6.45) is 4.98. The van der Waals surface area contributed by atoms with Crippen molar-refractivity contribution >= 4 is 5.91 Å². The molecule has 140 valence electrons. The van der Waals surface area contributed by atoms with Gasteiger partial charge >= 0.3 is 0 Å². The Kier molecular flexibility index (Phi) is 6.45. The summed E-state index contributed by atoms with van der Waals surface area (Å²) in [5.41, 5.74) is 3.64. The van der Waals surface area contributed by atoms with E-state index in [1.165, 1.54) is 37.9 Å². The molecular formula is C21H30N4O. The van der Waals surface area contributed by atoms with Crippen molar-refractivity contribution in [3.05, 3.63) is 52.8 Å². The zero-order valence-corrected chi connectivity index (χ0v) is 16.0. The van der Waals surface area contributed by atoms with Gasteiger partial charge in [-0.2, -0.15) is 5.10 Å². The molecule has 0 unspecified atom stereocenters. The van der Waals surface area contributed by atoms with Crippen molar-refractivity contribution < 1.29 is 4.79 Å². The van der Waals surface area contributed by atoms with E-state index >= 15 is 0 Å². The Morgan fingerprint density at radius 1 is 1.12 bits per heavy atom. The Labute approximate surface area is 156 Å². The molecule has 1 N–H and O–H groups in total. The van der Waals surface area contributed by atoms with Crippen LogP contribution in [0.25, 0.3) is 0 Å². The van der Waals surface area contributed by atoms with Gasteiger partial charge in [-0.1, -0.05) is 36.8 Å². The van der Waals surface area contributed by atoms with Crippen LogP contribution >= 0.6 is 0 Å². The fourth-order valence-corrected chi connectivity index (χ4v) is 3.71. The van der Waals surface area contributed by atoms with Gasteiger partial charge in [0.05, 0.1) is 17.8 Å². The number of aryl methyl sites for hydroxylation is 1. The molecule has 1 aliphatic rings. The Bertz CT molecular complexity index is 717. The van der Waals surface area contributed by atoms with E-state index in [2.05, 4.69) is 27.4 Å². The Morgan fingerprint density at radius 3 is 2.58 bits per heavy atom. The van der Waals surface area contributed by atoms with Crippen molar-refractivity contribution in [3.63, 3.8) is 0 Å². The normalized spacial score (nSPS) is 15.2. The van der Waals surface area contributed by atoms with Crippen LogP contribution in [-0.4, -0.2) is 46.8 Å². The van der Waals surface area contributed by atoms with Crippen LogP contribution in [0.2, 0.25) is 0 Å². The van der Waals surface area contributed by atoms with Gasteiger partial charge in [-0.05, 0) is 58.3 Å². The highest BCUT2D eigenvalue weighted by molar-refractivity contribution is 5.96. The van der Waals surface area contributed by atoms with Gasteiger partial charge in [-0.15, -0.1) is 0 Å². The van der Waals surface area contributed by atoms with Gasteiger partial charge in [0, 0.05) is 12.2 Å². The summed E-state index contributed by atoms with van der Waals surface area (Å²) in [5, 5.41) is 7.65. The van der Waals surface area contributed by atoms with Gasteiger partial charge in [-0.25, -0.2) is 0 Å². The van der Waals surface area contributed by atoms with Gasteiger partial charge in [0.25, 0.3) is 5.91 Å². The number of nitrogens with one attached hydrogen (secondary N) is 1. The maximum absolute atomic E-state index is 12.6. The summed E-state index contributed by atoms with van der Waals surface area (Å²) in [5.74, 6) is -0.00189. The number of amides is 1. The van der Waals surface area contributed by atoms with E-state index in [0.29, 0.717) is 6.54 Å². The molecule has 5 nitrogen and oxygen atoms in total. The minimum absolute atomic E-state index is 0.00189. The summed E-state index contributed by atoms with van der Waals surface area (Å²) in [7, 11) is 0. The first kappa shape index (κ1) is 18.6. The molecule has 1 aromatic heterocycles. The molecule has 1 aliphatic heterocycles. The second kappa shape index (κ2) is 8.99. The van der Waals surface area contributed by atoms with E-state index in [9.17, 15) is 4.79 Å². The Morgan fingerprint density at radius 2 is 1.85 bits per heavy atom. The Balaban J connectivity index is 1.53. The SMILES string of the molecule is Cc1nn(Cc2ccccc2)c(C)c1C(=O)NCCCN1CCCCC1. The van der Waals surface area contributed by atoms with Crippen molar-refractivity contribution in [2.45, 2.75) is 46.1 Å². The van der Waals surface area contributed by atoms with Gasteiger partial charge < -0.3 is 10.2 Å². The fraction of sp³-hybridized carbons (Fsp3) is 0.524. The quantitative estimate of drug-likeness (QED) is 0.777. The monoisotopic (exact) mass is 354 g/mol. The highest BCUT2D eigenvalue weighted by Gasteiger charge is 2.18. The second-order valence-corrected chi connectivity index (χ2v) is 7.20. The van der Waals surface area contributed by atoms with Crippen LogP contribution in [0.4, 0.5) is 0 Å². The van der Waals surface area contributed by atoms with Crippen LogP contribution in [0.3, 0.4) is 0 Å². The molecule has 0 bridgehead atoms. The highest BCUT2D eigenvalue weighted by atomic mass is 16.1. The molecule has 26 heavy (non-hydrogen) atoms. The zero-order valence-electron chi connectivity index (χ0n) is 16.0. The maximum atomic E-state index is 12.6. The van der Waals surface area contributed by atoms with Crippen LogP contribution in [0, 0.1) is 13.8 Å². The number of hydrogen-bond acceptors (Lipinski definition) is 3. The van der Waals surface area contributed by atoms with Crippen LogP contribution in [-0.2, 0) is 6.54 Å². The van der Waals surface area contributed by atoms with E-state index in [4.69, 9.17) is 0 Å². The number of aromatic nitrogens is 2. The molecule has 1 saturated heterocycles. The van der Waals surface area contributed by atoms with E-state index in [0.717, 1.165) is 36.5 Å². The maximum Gasteiger partial charge on any atom is 0.255 e. The minimum Gasteiger partial charge on any atom is -0.352 e. The minimum atomic E-state index is -0.00189. The molecule has 5 heteroatoms. The number of piperidine rings is 1. The first-order valence-corrected chi connectivity index (χ1v) is 9.73. The largest absolute Gasteiger partial charge is 0.352 e. The van der Waals surface area contributed by atoms with Crippen molar-refractivity contribution in [3.8, 4) is 0 Å². The van der Waals surface area contributed by atoms with E-state index in [1.54, 1.807) is 0 Å². The van der Waals surface area contributed by atoms with Crippen LogP contribution < -0.4 is 5.32 Å². The molecular weight excluding hydrogens is 324 g/mol. The van der Waals surface area contributed by atoms with E-state index in [-0.39, 0.29) is 5.91 Å². The third kappa shape index (κ3) is 4.73. The number of nitrogens with zero attached hydrogens (tertiary/aromatic N) is 3. The molecule has 0 spiro atoms. The molecule has 0 atom stereocenters. The number of carbonyl (C=O) groups is 1. The molecule has 3 rings (SSSR count). The number of carbonyl (C=O) groups excluding carboxylic acids is 1. The molecule has 0 saturated carbocycles. The Hall–Kier alpha value is -2.14. The van der Waals surface area contributed by atoms with Crippen LogP contribution in [0.15, 0.2) is 30.3 Å². The lowest BCUT2D eigenvalue weighted by Gasteiger charge is -2.26. The predicted molar refractivity (Wildman–Crippen MR) is 104 cm³/mol. The first-order valence-electron chi connectivity index (χ1n) is 9.73. The summed E-state index contributed by atoms with van der Waals surface area (Å²) in [4.78, 5) is 15.1. The van der Waals surface area contributed by atoms with Crippen molar-refractivity contribution in [1.29, 1.82) is 0 Å². The average molecular weight is 354 g/mol. The number of benzene rings is 1. The summed E-state index contributed by atoms with van der Waals surface area (Å²) < 4.78 is 1.92. The highest BCUT2D eigenvalue weighted by Crippen LogP contribution is 2.15. The van der Waals surface area contributed by atoms with Crippen molar-refractivity contribution in [2.75, 3.05) is 26.2 Å². The molecule has 2 aromatic rings. The lowest BCUT2D eigenvalue weighted by molar-refractivity contribution is 0.0949. The van der Waals surface area contributed by atoms with Crippen molar-refractivity contribution in [2.24, 2.45) is 0 Å². The van der Waals surface area contributed by atoms with Crippen molar-refractivity contribution in [1.82, 2.24) is 20.0 Å². The number of hydrogen-bond donors (Lipinski definition) is 1. The van der Waals surface area contributed by atoms with Crippen LogP contribution in [0.1, 0.15) is 53.0 Å².